The van der Waals surface area contributed by atoms with Crippen molar-refractivity contribution in [3.8, 4) is 5.75 Å². The van der Waals surface area contributed by atoms with Crippen molar-refractivity contribution in [2.75, 3.05) is 19.8 Å². The number of nitrogens with one attached hydrogen (secondary N) is 1. The summed E-state index contributed by atoms with van der Waals surface area (Å²) in [5.41, 5.74) is 3.57. The second-order valence-corrected chi connectivity index (χ2v) is 3.81. The summed E-state index contributed by atoms with van der Waals surface area (Å²) >= 11 is 0. The van der Waals surface area contributed by atoms with E-state index in [0.717, 1.165) is 5.56 Å². The maximum atomic E-state index is 5.61. The van der Waals surface area contributed by atoms with Crippen LogP contribution in [0.3, 0.4) is 0 Å². The fourth-order valence-electron chi connectivity index (χ4n) is 1.75. The second-order valence-electron chi connectivity index (χ2n) is 3.81. The maximum Gasteiger partial charge on any atom is 0.178 e. The van der Waals surface area contributed by atoms with Crippen LogP contribution in [0, 0.1) is 0 Å². The van der Waals surface area contributed by atoms with E-state index in [4.69, 9.17) is 20.1 Å². The molecule has 0 saturated carbocycles. The molecule has 0 aromatic carbocycles. The summed E-state index contributed by atoms with van der Waals surface area (Å²) in [5, 5.41) is 0. The summed E-state index contributed by atoms with van der Waals surface area (Å²) in [7, 11) is 0. The van der Waals surface area contributed by atoms with Gasteiger partial charge in [0.1, 0.15) is 5.75 Å². The van der Waals surface area contributed by atoms with Gasteiger partial charge >= 0.3 is 0 Å². The Kier molecular flexibility index (Phi) is 7.35. The van der Waals surface area contributed by atoms with Crippen molar-refractivity contribution in [2.45, 2.75) is 33.1 Å². The molecule has 1 heterocycles. The molecule has 0 radical (unpaired) electrons. The van der Waals surface area contributed by atoms with Crippen molar-refractivity contribution >= 4 is 0 Å². The van der Waals surface area contributed by atoms with Crippen molar-refractivity contribution in [1.82, 2.24) is 10.4 Å². The average Bonchev–Trinajstić information content (AvgIpc) is 2.41. The van der Waals surface area contributed by atoms with Crippen LogP contribution in [0.2, 0.25) is 0 Å². The molecule has 0 amide bonds. The Morgan fingerprint density at radius 3 is 2.37 bits per heavy atom. The number of aromatic nitrogens is 1. The molecule has 0 aliphatic heterocycles. The van der Waals surface area contributed by atoms with Gasteiger partial charge in [-0.25, -0.2) is 5.43 Å². The van der Waals surface area contributed by atoms with Crippen molar-refractivity contribution < 1.29 is 14.2 Å². The lowest BCUT2D eigenvalue weighted by Gasteiger charge is -2.26. The second kappa shape index (κ2) is 8.82. The lowest BCUT2D eigenvalue weighted by atomic mass is 10.1. The molecule has 6 nitrogen and oxygen atoms in total. The van der Waals surface area contributed by atoms with Crippen LogP contribution in [0.1, 0.15) is 32.4 Å². The third-order valence-electron chi connectivity index (χ3n) is 2.52. The van der Waals surface area contributed by atoms with E-state index in [1.54, 1.807) is 12.4 Å². The minimum atomic E-state index is -0.460. The number of ether oxygens (including phenoxy) is 3. The first kappa shape index (κ1) is 15.8. The molecule has 0 spiro atoms. The smallest absolute Gasteiger partial charge is 0.178 e. The van der Waals surface area contributed by atoms with Crippen molar-refractivity contribution in [2.24, 2.45) is 5.84 Å². The lowest BCUT2D eigenvalue weighted by Crippen LogP contribution is -2.39. The Hall–Kier alpha value is -1.21. The first-order chi connectivity index (χ1) is 9.26. The number of pyridine rings is 1. The van der Waals surface area contributed by atoms with Crippen molar-refractivity contribution in [1.29, 1.82) is 0 Å². The summed E-state index contributed by atoms with van der Waals surface area (Å²) < 4.78 is 16.5. The normalized spacial score (nSPS) is 12.7. The van der Waals surface area contributed by atoms with Crippen LogP contribution in [0.15, 0.2) is 18.5 Å². The fourth-order valence-corrected chi connectivity index (χ4v) is 1.75. The topological polar surface area (TPSA) is 78.6 Å². The zero-order chi connectivity index (χ0) is 14.1. The van der Waals surface area contributed by atoms with Gasteiger partial charge in [-0.2, -0.15) is 0 Å². The molecule has 0 aliphatic rings. The molecule has 0 fully saturated rings. The van der Waals surface area contributed by atoms with Crippen LogP contribution in [-0.2, 0) is 9.47 Å². The first-order valence-electron chi connectivity index (χ1n) is 6.53. The maximum absolute atomic E-state index is 5.61. The van der Waals surface area contributed by atoms with Gasteiger partial charge in [0.05, 0.1) is 18.8 Å². The molecule has 19 heavy (non-hydrogen) atoms. The number of hydrogen-bond donors (Lipinski definition) is 2. The number of hydrazine groups is 1. The summed E-state index contributed by atoms with van der Waals surface area (Å²) in [5.74, 6) is 6.31. The zero-order valence-corrected chi connectivity index (χ0v) is 11.8. The Bertz CT molecular complexity index is 357. The molecule has 1 aromatic rings. The van der Waals surface area contributed by atoms with E-state index < -0.39 is 6.29 Å². The van der Waals surface area contributed by atoms with Crippen LogP contribution >= 0.6 is 0 Å². The molecule has 1 rings (SSSR count). The monoisotopic (exact) mass is 269 g/mol. The Labute approximate surface area is 114 Å². The van der Waals surface area contributed by atoms with Gasteiger partial charge in [-0.1, -0.05) is 0 Å². The molecule has 6 heteroatoms. The van der Waals surface area contributed by atoms with Crippen molar-refractivity contribution in [3.05, 3.63) is 24.0 Å². The molecule has 1 unspecified atom stereocenters. The first-order valence-corrected chi connectivity index (χ1v) is 6.53. The van der Waals surface area contributed by atoms with Gasteiger partial charge < -0.3 is 14.2 Å². The summed E-state index contributed by atoms with van der Waals surface area (Å²) in [6.45, 7) is 7.42. The summed E-state index contributed by atoms with van der Waals surface area (Å²) in [6.07, 6.45) is 2.92. The van der Waals surface area contributed by atoms with E-state index in [2.05, 4.69) is 10.4 Å². The van der Waals surface area contributed by atoms with E-state index >= 15 is 0 Å². The average molecular weight is 269 g/mol. The number of nitrogens with two attached hydrogens (primary N) is 1. The van der Waals surface area contributed by atoms with E-state index in [1.165, 1.54) is 0 Å². The molecular formula is C13H23N3O3. The van der Waals surface area contributed by atoms with E-state index in [1.807, 2.05) is 26.8 Å². The highest BCUT2D eigenvalue weighted by atomic mass is 16.7. The SMILES string of the molecule is CCOc1cncc(C(NN)C(OCC)OCC)c1. The van der Waals surface area contributed by atoms with Crippen molar-refractivity contribution in [3.63, 3.8) is 0 Å². The lowest BCUT2D eigenvalue weighted by molar-refractivity contribution is -0.155. The standard InChI is InChI=1S/C13H23N3O3/c1-4-17-11-7-10(8-15-9-11)12(16-14)13(18-5-2)19-6-3/h7-9,12-13,16H,4-6,14H2,1-3H3. The largest absolute Gasteiger partial charge is 0.492 e. The van der Waals surface area contributed by atoms with E-state index in [0.29, 0.717) is 25.6 Å². The van der Waals surface area contributed by atoms with Gasteiger partial charge in [0.2, 0.25) is 0 Å². The van der Waals surface area contributed by atoms with Crippen LogP contribution < -0.4 is 16.0 Å². The molecule has 108 valence electrons. The van der Waals surface area contributed by atoms with Crippen LogP contribution in [-0.4, -0.2) is 31.1 Å². The van der Waals surface area contributed by atoms with Crippen LogP contribution in [0.5, 0.6) is 5.75 Å². The van der Waals surface area contributed by atoms with E-state index in [9.17, 15) is 0 Å². The Balaban J connectivity index is 2.89. The molecule has 1 aromatic heterocycles. The predicted molar refractivity (Wildman–Crippen MR) is 72.5 cm³/mol. The minimum absolute atomic E-state index is 0.298. The highest BCUT2D eigenvalue weighted by Crippen LogP contribution is 2.22. The Morgan fingerprint density at radius 2 is 1.84 bits per heavy atom. The molecule has 1 atom stereocenters. The minimum Gasteiger partial charge on any atom is -0.492 e. The molecular weight excluding hydrogens is 246 g/mol. The van der Waals surface area contributed by atoms with Gasteiger partial charge in [0.15, 0.2) is 6.29 Å². The van der Waals surface area contributed by atoms with Crippen LogP contribution in [0.4, 0.5) is 0 Å². The van der Waals surface area contributed by atoms with E-state index in [-0.39, 0.29) is 6.04 Å². The number of rotatable bonds is 9. The molecule has 0 bridgehead atoms. The van der Waals surface area contributed by atoms with Gasteiger partial charge in [-0.3, -0.25) is 10.8 Å². The summed E-state index contributed by atoms with van der Waals surface area (Å²) in [4.78, 5) is 4.14. The number of nitrogens with zero attached hydrogens (tertiary/aromatic N) is 1. The summed E-state index contributed by atoms with van der Waals surface area (Å²) in [6, 6.07) is 1.58. The molecule has 0 aliphatic carbocycles. The quantitative estimate of drug-likeness (QED) is 0.400. The Morgan fingerprint density at radius 1 is 1.16 bits per heavy atom. The molecule has 3 N–H and O–H groups in total. The zero-order valence-electron chi connectivity index (χ0n) is 11.8. The van der Waals surface area contributed by atoms with Gasteiger partial charge in [0, 0.05) is 19.4 Å². The number of hydrogen-bond acceptors (Lipinski definition) is 6. The highest BCUT2D eigenvalue weighted by Gasteiger charge is 2.23. The highest BCUT2D eigenvalue weighted by molar-refractivity contribution is 5.26. The molecule has 0 saturated heterocycles. The van der Waals surface area contributed by atoms with Gasteiger partial charge in [0.25, 0.3) is 0 Å². The fraction of sp³-hybridized carbons (Fsp3) is 0.615. The van der Waals surface area contributed by atoms with Gasteiger partial charge in [-0.05, 0) is 32.4 Å². The predicted octanol–water partition coefficient (Wildman–Crippen LogP) is 1.38. The van der Waals surface area contributed by atoms with Crippen LogP contribution in [0.25, 0.3) is 0 Å². The third-order valence-corrected chi connectivity index (χ3v) is 2.52. The third kappa shape index (κ3) is 4.76. The van der Waals surface area contributed by atoms with Gasteiger partial charge in [-0.15, -0.1) is 0 Å².